The topological polar surface area (TPSA) is 64.1 Å². The molecule has 0 aliphatic heterocycles. The minimum atomic E-state index is 0.608. The molecule has 0 aliphatic rings. The largest absolute Gasteiger partial charge is 0.329 e. The molecule has 0 atom stereocenters. The Morgan fingerprint density at radius 1 is 1.43 bits per heavy atom. The highest BCUT2D eigenvalue weighted by Gasteiger charge is 1.64. The Kier molecular flexibility index (Phi) is 24.1. The average molecular weight is 105 g/mol. The molecule has 7 heavy (non-hydrogen) atoms. The molecule has 3 heteroatoms. The van der Waals surface area contributed by atoms with Gasteiger partial charge in [0, 0.05) is 13.1 Å². The van der Waals surface area contributed by atoms with Crippen molar-refractivity contribution >= 4 is 0 Å². The van der Waals surface area contributed by atoms with E-state index in [4.69, 9.17) is 11.6 Å². The first-order chi connectivity index (χ1) is 3.41. The Morgan fingerprint density at radius 3 is 1.86 bits per heavy atom. The zero-order chi connectivity index (χ0) is 6.12. The van der Waals surface area contributed by atoms with Crippen LogP contribution in [0.25, 0.3) is 0 Å². The smallest absolute Gasteiger partial charge is 0.0220 e. The molecule has 0 unspecified atom stereocenters. The van der Waals surface area contributed by atoms with Gasteiger partial charge in [0.05, 0.1) is 0 Å². The highest BCUT2D eigenvalue weighted by atomic mass is 15.2. The minimum absolute atomic E-state index is 0.608. The molecule has 0 spiro atoms. The molecule has 5 N–H and O–H groups in total. The number of rotatable bonds is 2. The third kappa shape index (κ3) is 25.0. The van der Waals surface area contributed by atoms with Gasteiger partial charge in [0.15, 0.2) is 0 Å². The first-order valence-corrected chi connectivity index (χ1v) is 2.55. The Morgan fingerprint density at radius 2 is 1.86 bits per heavy atom. The molecule has 0 rings (SSSR count). The van der Waals surface area contributed by atoms with E-state index >= 15 is 0 Å². The fraction of sp³-hybridized carbons (Fsp3) is 1.00. The first kappa shape index (κ1) is 9.99. The van der Waals surface area contributed by atoms with Gasteiger partial charge in [0.2, 0.25) is 0 Å². The van der Waals surface area contributed by atoms with E-state index < -0.39 is 0 Å². The first-order valence-electron chi connectivity index (χ1n) is 2.55. The summed E-state index contributed by atoms with van der Waals surface area (Å²) >= 11 is 0. The summed E-state index contributed by atoms with van der Waals surface area (Å²) in [6.07, 6.45) is 0. The van der Waals surface area contributed by atoms with Gasteiger partial charge in [0.25, 0.3) is 0 Å². The summed E-state index contributed by atoms with van der Waals surface area (Å²) in [5.41, 5.74) is 7.39. The van der Waals surface area contributed by atoms with Gasteiger partial charge in [-0.15, -0.1) is 0 Å². The van der Waals surface area contributed by atoms with Crippen molar-refractivity contribution in [2.24, 2.45) is 11.6 Å². The van der Waals surface area contributed by atoms with Gasteiger partial charge in [-0.2, -0.15) is 0 Å². The summed E-state index contributed by atoms with van der Waals surface area (Å²) in [4.78, 5) is 0. The lowest BCUT2D eigenvalue weighted by atomic mass is 10.7. The van der Waals surface area contributed by atoms with Crippen LogP contribution in [0.5, 0.6) is 0 Å². The van der Waals surface area contributed by atoms with Crippen molar-refractivity contribution in [1.82, 2.24) is 5.43 Å². The molecule has 0 aromatic rings. The van der Waals surface area contributed by atoms with E-state index in [1.54, 1.807) is 0 Å². The van der Waals surface area contributed by atoms with E-state index in [0.29, 0.717) is 13.1 Å². The lowest BCUT2D eigenvalue weighted by Crippen LogP contribution is -2.28. The lowest BCUT2D eigenvalue weighted by molar-refractivity contribution is 0.738. The maximum Gasteiger partial charge on any atom is 0.0220 e. The average Bonchev–Trinajstić information content (AvgIpc) is 1.75. The lowest BCUT2D eigenvalue weighted by Gasteiger charge is -1.85. The second-order valence-corrected chi connectivity index (χ2v) is 0.743. The van der Waals surface area contributed by atoms with Gasteiger partial charge < -0.3 is 5.73 Å². The molecule has 0 amide bonds. The molecule has 0 bridgehead atoms. The second-order valence-electron chi connectivity index (χ2n) is 0.743. The molecule has 0 radical (unpaired) electrons. The normalized spacial score (nSPS) is 6.86. The summed E-state index contributed by atoms with van der Waals surface area (Å²) in [5, 5.41) is 0. The Hall–Kier alpha value is -0.120. The Labute approximate surface area is 45.0 Å². The van der Waals surface area contributed by atoms with E-state index in [2.05, 4.69) is 5.43 Å². The zero-order valence-electron chi connectivity index (χ0n) is 5.07. The van der Waals surface area contributed by atoms with Gasteiger partial charge in [-0.1, -0.05) is 13.8 Å². The van der Waals surface area contributed by atoms with Crippen LogP contribution in [0.3, 0.4) is 0 Å². The highest BCUT2D eigenvalue weighted by molar-refractivity contribution is 4.31. The SMILES string of the molecule is CC.NCCNN. The molecular formula is C4H15N3. The number of nitrogens with one attached hydrogen (secondary N) is 1. The van der Waals surface area contributed by atoms with Crippen molar-refractivity contribution in [2.45, 2.75) is 13.8 Å². The van der Waals surface area contributed by atoms with E-state index in [0.717, 1.165) is 0 Å². The molecule has 0 aliphatic carbocycles. The molecule has 0 fully saturated rings. The second kappa shape index (κ2) is 16.9. The fourth-order valence-electron chi connectivity index (χ4n) is 0.0833. The van der Waals surface area contributed by atoms with Crippen molar-refractivity contribution in [3.8, 4) is 0 Å². The van der Waals surface area contributed by atoms with Crippen molar-refractivity contribution in [3.05, 3.63) is 0 Å². The van der Waals surface area contributed by atoms with Crippen LogP contribution in [0.15, 0.2) is 0 Å². The third-order valence-electron chi connectivity index (χ3n) is 0.289. The molecule has 0 saturated heterocycles. The van der Waals surface area contributed by atoms with E-state index in [-0.39, 0.29) is 0 Å². The molecule has 3 nitrogen and oxygen atoms in total. The maximum absolute atomic E-state index is 5.00. The molecule has 46 valence electrons. The molecule has 0 aromatic carbocycles. The molecule has 0 heterocycles. The number of hydrogen-bond acceptors (Lipinski definition) is 3. The minimum Gasteiger partial charge on any atom is -0.329 e. The quantitative estimate of drug-likeness (QED) is 0.325. The van der Waals surface area contributed by atoms with E-state index in [1.165, 1.54) is 0 Å². The van der Waals surface area contributed by atoms with Crippen LogP contribution in [0.2, 0.25) is 0 Å². The van der Waals surface area contributed by atoms with Crippen LogP contribution in [-0.2, 0) is 0 Å². The Bertz CT molecular complexity index is 14.4. The Balaban J connectivity index is 0. The maximum atomic E-state index is 5.00. The van der Waals surface area contributed by atoms with Crippen LogP contribution in [0, 0.1) is 0 Å². The number of hydrazine groups is 1. The van der Waals surface area contributed by atoms with Crippen LogP contribution in [-0.4, -0.2) is 13.1 Å². The zero-order valence-corrected chi connectivity index (χ0v) is 5.07. The van der Waals surface area contributed by atoms with Crippen LogP contribution < -0.4 is 17.0 Å². The summed E-state index contributed by atoms with van der Waals surface area (Å²) in [6.45, 7) is 5.30. The van der Waals surface area contributed by atoms with Gasteiger partial charge >= 0.3 is 0 Å². The predicted molar refractivity (Wildman–Crippen MR) is 32.6 cm³/mol. The molecular weight excluding hydrogens is 90.1 g/mol. The molecule has 0 saturated carbocycles. The highest BCUT2D eigenvalue weighted by Crippen LogP contribution is 1.33. The van der Waals surface area contributed by atoms with Crippen molar-refractivity contribution < 1.29 is 0 Å². The third-order valence-corrected chi connectivity index (χ3v) is 0.289. The standard InChI is InChI=1S/C2H9N3.C2H6/c3-1-2-5-4;1-2/h5H,1-4H2;1-2H3. The van der Waals surface area contributed by atoms with E-state index in [1.807, 2.05) is 13.8 Å². The summed E-state index contributed by atoms with van der Waals surface area (Å²) < 4.78 is 0. The van der Waals surface area contributed by atoms with Gasteiger partial charge in [-0.3, -0.25) is 11.3 Å². The van der Waals surface area contributed by atoms with E-state index in [9.17, 15) is 0 Å². The summed E-state index contributed by atoms with van der Waals surface area (Å²) in [5.74, 6) is 4.81. The predicted octanol–water partition coefficient (Wildman–Crippen LogP) is -0.565. The van der Waals surface area contributed by atoms with Crippen LogP contribution >= 0.6 is 0 Å². The monoisotopic (exact) mass is 105 g/mol. The van der Waals surface area contributed by atoms with Crippen LogP contribution in [0.1, 0.15) is 13.8 Å². The fourth-order valence-corrected chi connectivity index (χ4v) is 0.0833. The van der Waals surface area contributed by atoms with Gasteiger partial charge in [-0.25, -0.2) is 0 Å². The van der Waals surface area contributed by atoms with Gasteiger partial charge in [0.1, 0.15) is 0 Å². The van der Waals surface area contributed by atoms with Crippen LogP contribution in [0.4, 0.5) is 0 Å². The van der Waals surface area contributed by atoms with Gasteiger partial charge in [-0.05, 0) is 0 Å². The van der Waals surface area contributed by atoms with Crippen molar-refractivity contribution in [3.63, 3.8) is 0 Å². The van der Waals surface area contributed by atoms with Crippen molar-refractivity contribution in [2.75, 3.05) is 13.1 Å². The van der Waals surface area contributed by atoms with Crippen molar-refractivity contribution in [1.29, 1.82) is 0 Å². The molecule has 0 aromatic heterocycles. The number of nitrogens with two attached hydrogens (primary N) is 2. The summed E-state index contributed by atoms with van der Waals surface area (Å²) in [7, 11) is 0. The number of hydrogen-bond donors (Lipinski definition) is 3. The summed E-state index contributed by atoms with van der Waals surface area (Å²) in [6, 6.07) is 0.